The molecule has 106 valence electrons. The highest BCUT2D eigenvalue weighted by atomic mass is 32.2. The molecule has 0 aliphatic heterocycles. The Bertz CT molecular complexity index is 542. The molecule has 20 heavy (non-hydrogen) atoms. The minimum absolute atomic E-state index is 0.239. The maximum Gasteiger partial charge on any atom is 0.0942 e. The summed E-state index contributed by atoms with van der Waals surface area (Å²) in [7, 11) is 0. The molecule has 0 amide bonds. The Balaban J connectivity index is 2.22. The van der Waals surface area contributed by atoms with Crippen LogP contribution in [0.25, 0.3) is 11.1 Å². The van der Waals surface area contributed by atoms with Crippen molar-refractivity contribution in [3.63, 3.8) is 0 Å². The number of nitrogens with one attached hydrogen (secondary N) is 1. The molecule has 3 nitrogen and oxygen atoms in total. The minimum Gasteiger partial charge on any atom is -0.394 e. The van der Waals surface area contributed by atoms with Gasteiger partial charge in [0.05, 0.1) is 12.7 Å². The monoisotopic (exact) mass is 289 g/mol. The van der Waals surface area contributed by atoms with Crippen molar-refractivity contribution in [2.45, 2.75) is 11.0 Å². The van der Waals surface area contributed by atoms with Crippen molar-refractivity contribution >= 4 is 17.4 Å². The van der Waals surface area contributed by atoms with Gasteiger partial charge in [0.25, 0.3) is 0 Å². The van der Waals surface area contributed by atoms with Gasteiger partial charge in [-0.3, -0.25) is 0 Å². The Kier molecular flexibility index (Phi) is 5.47. The van der Waals surface area contributed by atoms with E-state index in [1.807, 2.05) is 24.3 Å². The average Bonchev–Trinajstić information content (AvgIpc) is 2.53. The van der Waals surface area contributed by atoms with Crippen molar-refractivity contribution in [2.75, 3.05) is 24.7 Å². The third-order valence-electron chi connectivity index (χ3n) is 3.07. The quantitative estimate of drug-likeness (QED) is 0.716. The molecule has 0 bridgehead atoms. The van der Waals surface area contributed by atoms with Crippen LogP contribution in [0.3, 0.4) is 0 Å². The zero-order valence-corrected chi connectivity index (χ0v) is 12.2. The molecule has 4 heteroatoms. The summed E-state index contributed by atoms with van der Waals surface area (Å²) in [6.45, 7) is 0.0913. The summed E-state index contributed by atoms with van der Waals surface area (Å²) in [5, 5.41) is 21.5. The van der Waals surface area contributed by atoms with E-state index in [0.717, 1.165) is 16.8 Å². The number of rotatable bonds is 6. The fourth-order valence-corrected chi connectivity index (χ4v) is 2.36. The van der Waals surface area contributed by atoms with Crippen LogP contribution < -0.4 is 5.32 Å². The van der Waals surface area contributed by atoms with Gasteiger partial charge in [-0.15, -0.1) is 11.8 Å². The first kappa shape index (κ1) is 14.9. The lowest BCUT2D eigenvalue weighted by Crippen LogP contribution is -2.23. The highest BCUT2D eigenvalue weighted by molar-refractivity contribution is 7.98. The predicted octanol–water partition coefficient (Wildman–Crippen LogP) is 2.84. The number of anilines is 1. The zero-order chi connectivity index (χ0) is 14.4. The molecule has 2 rings (SSSR count). The topological polar surface area (TPSA) is 52.5 Å². The predicted molar refractivity (Wildman–Crippen MR) is 85.2 cm³/mol. The Morgan fingerprint density at radius 1 is 1.10 bits per heavy atom. The Hall–Kier alpha value is -1.49. The fraction of sp³-hybridized carbons (Fsp3) is 0.250. The van der Waals surface area contributed by atoms with E-state index in [9.17, 15) is 5.11 Å². The van der Waals surface area contributed by atoms with E-state index in [2.05, 4.69) is 35.8 Å². The van der Waals surface area contributed by atoms with Gasteiger partial charge in [-0.1, -0.05) is 30.3 Å². The van der Waals surface area contributed by atoms with Crippen LogP contribution in [0.4, 0.5) is 5.69 Å². The van der Waals surface area contributed by atoms with Crippen molar-refractivity contribution in [2.24, 2.45) is 0 Å². The second-order valence-corrected chi connectivity index (χ2v) is 5.37. The number of hydrogen-bond acceptors (Lipinski definition) is 4. The van der Waals surface area contributed by atoms with E-state index in [4.69, 9.17) is 5.11 Å². The first-order valence-electron chi connectivity index (χ1n) is 6.51. The number of thioether (sulfide) groups is 1. The lowest BCUT2D eigenvalue weighted by Gasteiger charge is -2.14. The molecule has 0 aromatic heterocycles. The molecule has 1 unspecified atom stereocenters. The summed E-state index contributed by atoms with van der Waals surface area (Å²) < 4.78 is 0. The van der Waals surface area contributed by atoms with Crippen LogP contribution in [0.2, 0.25) is 0 Å². The molecule has 3 N–H and O–H groups in total. The van der Waals surface area contributed by atoms with Crippen LogP contribution >= 0.6 is 11.8 Å². The number of benzene rings is 2. The van der Waals surface area contributed by atoms with E-state index < -0.39 is 6.10 Å². The number of hydrogen-bond donors (Lipinski definition) is 3. The summed E-state index contributed by atoms with van der Waals surface area (Å²) in [6.07, 6.45) is 1.31. The second kappa shape index (κ2) is 7.33. The molecule has 0 fully saturated rings. The van der Waals surface area contributed by atoms with Crippen LogP contribution in [-0.2, 0) is 0 Å². The first-order valence-corrected chi connectivity index (χ1v) is 7.73. The zero-order valence-electron chi connectivity index (χ0n) is 11.4. The van der Waals surface area contributed by atoms with Crippen molar-refractivity contribution in [3.05, 3.63) is 48.5 Å². The Labute approximate surface area is 123 Å². The minimum atomic E-state index is -0.748. The van der Waals surface area contributed by atoms with E-state index in [1.54, 1.807) is 11.8 Å². The van der Waals surface area contributed by atoms with Gasteiger partial charge >= 0.3 is 0 Å². The average molecular weight is 289 g/mol. The van der Waals surface area contributed by atoms with Gasteiger partial charge in [-0.2, -0.15) is 0 Å². The summed E-state index contributed by atoms with van der Waals surface area (Å²) in [5.74, 6) is 0. The summed E-state index contributed by atoms with van der Waals surface area (Å²) in [4.78, 5) is 1.23. The molecule has 0 aliphatic carbocycles. The summed E-state index contributed by atoms with van der Waals surface area (Å²) in [5.41, 5.74) is 3.17. The molecular formula is C16H19NO2S. The highest BCUT2D eigenvalue weighted by Crippen LogP contribution is 2.29. The summed E-state index contributed by atoms with van der Waals surface area (Å²) in [6, 6.07) is 16.3. The van der Waals surface area contributed by atoms with Crippen molar-refractivity contribution in [1.82, 2.24) is 0 Å². The van der Waals surface area contributed by atoms with Crippen molar-refractivity contribution in [1.29, 1.82) is 0 Å². The molecule has 0 saturated heterocycles. The molecule has 0 aliphatic rings. The molecule has 0 spiro atoms. The van der Waals surface area contributed by atoms with Gasteiger partial charge in [-0.05, 0) is 30.0 Å². The molecule has 2 aromatic rings. The molecule has 2 aromatic carbocycles. The SMILES string of the molecule is CSc1ccc(-c2ccccc2NCC(O)CO)cc1. The maximum absolute atomic E-state index is 9.43. The highest BCUT2D eigenvalue weighted by Gasteiger charge is 2.06. The van der Waals surface area contributed by atoms with Gasteiger partial charge < -0.3 is 15.5 Å². The fourth-order valence-electron chi connectivity index (χ4n) is 1.95. The number of para-hydroxylation sites is 1. The van der Waals surface area contributed by atoms with Gasteiger partial charge in [0.15, 0.2) is 0 Å². The van der Waals surface area contributed by atoms with Crippen LogP contribution in [0.1, 0.15) is 0 Å². The van der Waals surface area contributed by atoms with Gasteiger partial charge in [-0.25, -0.2) is 0 Å². The first-order chi connectivity index (χ1) is 9.74. The van der Waals surface area contributed by atoms with Crippen molar-refractivity contribution in [3.8, 4) is 11.1 Å². The lowest BCUT2D eigenvalue weighted by molar-refractivity contribution is 0.105. The van der Waals surface area contributed by atoms with Gasteiger partial charge in [0.1, 0.15) is 0 Å². The second-order valence-electron chi connectivity index (χ2n) is 4.49. The molecule has 0 saturated carbocycles. The molecule has 1 atom stereocenters. The van der Waals surface area contributed by atoms with E-state index in [0.29, 0.717) is 6.54 Å². The molecule has 0 heterocycles. The Morgan fingerprint density at radius 2 is 1.80 bits per heavy atom. The van der Waals surface area contributed by atoms with Crippen LogP contribution in [-0.4, -0.2) is 35.7 Å². The third kappa shape index (κ3) is 3.76. The van der Waals surface area contributed by atoms with E-state index >= 15 is 0 Å². The van der Waals surface area contributed by atoms with E-state index in [-0.39, 0.29) is 6.61 Å². The molecule has 0 radical (unpaired) electrons. The third-order valence-corrected chi connectivity index (χ3v) is 3.81. The normalized spacial score (nSPS) is 12.2. The van der Waals surface area contributed by atoms with Gasteiger partial charge in [0, 0.05) is 22.7 Å². The standard InChI is InChI=1S/C16H19NO2S/c1-20-14-8-6-12(7-9-14)15-4-2-3-5-16(15)17-10-13(19)11-18/h2-9,13,17-19H,10-11H2,1H3. The van der Waals surface area contributed by atoms with Crippen LogP contribution in [0.5, 0.6) is 0 Å². The molecular weight excluding hydrogens is 270 g/mol. The number of aliphatic hydroxyl groups excluding tert-OH is 2. The smallest absolute Gasteiger partial charge is 0.0942 e. The lowest BCUT2D eigenvalue weighted by atomic mass is 10.0. The van der Waals surface area contributed by atoms with E-state index in [1.165, 1.54) is 4.90 Å². The largest absolute Gasteiger partial charge is 0.394 e. The summed E-state index contributed by atoms with van der Waals surface area (Å²) >= 11 is 1.72. The Morgan fingerprint density at radius 3 is 2.45 bits per heavy atom. The maximum atomic E-state index is 9.43. The number of aliphatic hydroxyl groups is 2. The van der Waals surface area contributed by atoms with Crippen LogP contribution in [0, 0.1) is 0 Å². The van der Waals surface area contributed by atoms with Crippen LogP contribution in [0.15, 0.2) is 53.4 Å². The van der Waals surface area contributed by atoms with Crippen molar-refractivity contribution < 1.29 is 10.2 Å². The van der Waals surface area contributed by atoms with Gasteiger partial charge in [0.2, 0.25) is 0 Å².